The zero-order valence-corrected chi connectivity index (χ0v) is 9.52. The molecule has 2 heterocycles. The SMILES string of the molecule is NC(=O)C1CCN(Cc2cnc(Cl)cn2)C1. The first kappa shape index (κ1) is 11.3. The number of hydrogen-bond donors (Lipinski definition) is 1. The maximum atomic E-state index is 11.0. The Bertz CT molecular complexity index is 381. The Morgan fingerprint density at radius 3 is 2.94 bits per heavy atom. The topological polar surface area (TPSA) is 72.1 Å². The van der Waals surface area contributed by atoms with Crippen LogP contribution in [0.5, 0.6) is 0 Å². The molecule has 1 saturated heterocycles. The normalized spacial score (nSPS) is 21.2. The van der Waals surface area contributed by atoms with Crippen LogP contribution in [0.4, 0.5) is 0 Å². The van der Waals surface area contributed by atoms with Crippen LogP contribution in [0.25, 0.3) is 0 Å². The van der Waals surface area contributed by atoms with Gasteiger partial charge < -0.3 is 5.73 Å². The lowest BCUT2D eigenvalue weighted by Gasteiger charge is -2.14. The van der Waals surface area contributed by atoms with Crippen LogP contribution in [0.1, 0.15) is 12.1 Å². The standard InChI is InChI=1S/C10H13ClN4O/c11-9-4-13-8(3-14-9)6-15-2-1-7(5-15)10(12)16/h3-4,7H,1-2,5-6H2,(H2,12,16). The van der Waals surface area contributed by atoms with Crippen LogP contribution in [0.15, 0.2) is 12.4 Å². The number of nitrogens with two attached hydrogens (primary N) is 1. The predicted molar refractivity (Wildman–Crippen MR) is 59.6 cm³/mol. The van der Waals surface area contributed by atoms with Crippen molar-refractivity contribution in [3.8, 4) is 0 Å². The molecule has 1 amide bonds. The Kier molecular flexibility index (Phi) is 3.36. The minimum Gasteiger partial charge on any atom is -0.369 e. The molecule has 1 aliphatic heterocycles. The van der Waals surface area contributed by atoms with Gasteiger partial charge in [0.2, 0.25) is 5.91 Å². The average molecular weight is 241 g/mol. The van der Waals surface area contributed by atoms with E-state index in [4.69, 9.17) is 17.3 Å². The second kappa shape index (κ2) is 4.76. The van der Waals surface area contributed by atoms with Gasteiger partial charge in [-0.15, -0.1) is 0 Å². The fourth-order valence-corrected chi connectivity index (χ4v) is 1.96. The Morgan fingerprint density at radius 2 is 2.38 bits per heavy atom. The minimum atomic E-state index is -0.218. The van der Waals surface area contributed by atoms with E-state index in [0.29, 0.717) is 18.2 Å². The number of carbonyl (C=O) groups is 1. The highest BCUT2D eigenvalue weighted by Crippen LogP contribution is 2.17. The third-order valence-corrected chi connectivity index (χ3v) is 2.93. The van der Waals surface area contributed by atoms with Gasteiger partial charge in [0.05, 0.1) is 24.0 Å². The van der Waals surface area contributed by atoms with Gasteiger partial charge in [-0.05, 0) is 13.0 Å². The Hall–Kier alpha value is -1.20. The maximum Gasteiger partial charge on any atom is 0.221 e. The van der Waals surface area contributed by atoms with E-state index in [1.54, 1.807) is 6.20 Å². The van der Waals surface area contributed by atoms with Gasteiger partial charge in [-0.3, -0.25) is 14.7 Å². The van der Waals surface area contributed by atoms with Gasteiger partial charge in [0, 0.05) is 13.1 Å². The molecule has 2 rings (SSSR count). The first-order valence-corrected chi connectivity index (χ1v) is 5.51. The lowest BCUT2D eigenvalue weighted by molar-refractivity contribution is -0.121. The van der Waals surface area contributed by atoms with E-state index in [1.807, 2.05) is 0 Å². The van der Waals surface area contributed by atoms with Gasteiger partial charge in [0.15, 0.2) is 0 Å². The smallest absolute Gasteiger partial charge is 0.221 e. The van der Waals surface area contributed by atoms with Gasteiger partial charge in [-0.2, -0.15) is 0 Å². The van der Waals surface area contributed by atoms with Gasteiger partial charge in [-0.1, -0.05) is 11.6 Å². The monoisotopic (exact) mass is 240 g/mol. The molecule has 5 nitrogen and oxygen atoms in total. The summed E-state index contributed by atoms with van der Waals surface area (Å²) in [7, 11) is 0. The van der Waals surface area contributed by atoms with Crippen LogP contribution < -0.4 is 5.73 Å². The van der Waals surface area contributed by atoms with Crippen molar-refractivity contribution in [1.82, 2.24) is 14.9 Å². The molecule has 6 heteroatoms. The largest absolute Gasteiger partial charge is 0.369 e. The molecule has 0 spiro atoms. The molecule has 86 valence electrons. The molecular formula is C10H13ClN4O. The molecule has 0 bridgehead atoms. The number of nitrogens with zero attached hydrogens (tertiary/aromatic N) is 3. The van der Waals surface area contributed by atoms with E-state index >= 15 is 0 Å². The van der Waals surface area contributed by atoms with Crippen molar-refractivity contribution in [2.24, 2.45) is 11.7 Å². The predicted octanol–water partition coefficient (Wildman–Crippen LogP) is 0.437. The lowest BCUT2D eigenvalue weighted by Crippen LogP contribution is -2.27. The molecule has 1 aliphatic rings. The summed E-state index contributed by atoms with van der Waals surface area (Å²) in [6.45, 7) is 2.27. The second-order valence-electron chi connectivity index (χ2n) is 3.95. The number of amides is 1. The highest BCUT2D eigenvalue weighted by atomic mass is 35.5. The molecule has 1 unspecified atom stereocenters. The lowest BCUT2D eigenvalue weighted by atomic mass is 10.1. The van der Waals surface area contributed by atoms with Gasteiger partial charge in [0.25, 0.3) is 0 Å². The number of primary amides is 1. The molecule has 0 radical (unpaired) electrons. The van der Waals surface area contributed by atoms with E-state index < -0.39 is 0 Å². The van der Waals surface area contributed by atoms with E-state index in [-0.39, 0.29) is 11.8 Å². The number of hydrogen-bond acceptors (Lipinski definition) is 4. The molecule has 1 atom stereocenters. The van der Waals surface area contributed by atoms with Crippen LogP contribution in [0.2, 0.25) is 5.15 Å². The molecular weight excluding hydrogens is 228 g/mol. The van der Waals surface area contributed by atoms with Gasteiger partial charge >= 0.3 is 0 Å². The summed E-state index contributed by atoms with van der Waals surface area (Å²) in [5.41, 5.74) is 6.12. The maximum absolute atomic E-state index is 11.0. The Balaban J connectivity index is 1.92. The Labute approximate surface area is 98.6 Å². The van der Waals surface area contributed by atoms with Crippen molar-refractivity contribution in [2.75, 3.05) is 13.1 Å². The minimum absolute atomic E-state index is 0.0275. The number of likely N-dealkylation sites (tertiary alicyclic amines) is 1. The summed E-state index contributed by atoms with van der Waals surface area (Å²) in [6.07, 6.45) is 4.01. The first-order valence-electron chi connectivity index (χ1n) is 5.13. The molecule has 16 heavy (non-hydrogen) atoms. The van der Waals surface area contributed by atoms with Crippen molar-refractivity contribution in [3.05, 3.63) is 23.2 Å². The van der Waals surface area contributed by atoms with Crippen LogP contribution in [-0.2, 0) is 11.3 Å². The fraction of sp³-hybridized carbons (Fsp3) is 0.500. The average Bonchev–Trinajstić information content (AvgIpc) is 2.70. The highest BCUT2D eigenvalue weighted by molar-refractivity contribution is 6.29. The van der Waals surface area contributed by atoms with Crippen molar-refractivity contribution in [2.45, 2.75) is 13.0 Å². The molecule has 1 fully saturated rings. The third kappa shape index (κ3) is 2.68. The number of aromatic nitrogens is 2. The molecule has 1 aromatic heterocycles. The summed E-state index contributed by atoms with van der Waals surface area (Å²) in [5.74, 6) is -0.245. The van der Waals surface area contributed by atoms with Crippen molar-refractivity contribution >= 4 is 17.5 Å². The van der Waals surface area contributed by atoms with Crippen molar-refractivity contribution in [3.63, 3.8) is 0 Å². The summed E-state index contributed by atoms with van der Waals surface area (Å²) in [5, 5.41) is 0.389. The zero-order valence-electron chi connectivity index (χ0n) is 8.77. The van der Waals surface area contributed by atoms with E-state index in [0.717, 1.165) is 18.7 Å². The summed E-state index contributed by atoms with van der Waals surface area (Å²) in [6, 6.07) is 0. The summed E-state index contributed by atoms with van der Waals surface area (Å²) >= 11 is 5.64. The first-order chi connectivity index (χ1) is 7.65. The third-order valence-electron chi connectivity index (χ3n) is 2.73. The van der Waals surface area contributed by atoms with Crippen LogP contribution in [-0.4, -0.2) is 33.9 Å². The zero-order chi connectivity index (χ0) is 11.5. The number of rotatable bonds is 3. The Morgan fingerprint density at radius 1 is 1.56 bits per heavy atom. The fourth-order valence-electron chi connectivity index (χ4n) is 1.86. The number of carbonyl (C=O) groups excluding carboxylic acids is 1. The van der Waals surface area contributed by atoms with E-state index in [9.17, 15) is 4.79 Å². The highest BCUT2D eigenvalue weighted by Gasteiger charge is 2.26. The molecule has 0 aromatic carbocycles. The van der Waals surface area contributed by atoms with E-state index in [1.165, 1.54) is 6.20 Å². The van der Waals surface area contributed by atoms with Crippen molar-refractivity contribution in [1.29, 1.82) is 0 Å². The van der Waals surface area contributed by atoms with Crippen LogP contribution in [0.3, 0.4) is 0 Å². The van der Waals surface area contributed by atoms with Crippen LogP contribution in [0, 0.1) is 5.92 Å². The van der Waals surface area contributed by atoms with Gasteiger partial charge in [0.1, 0.15) is 5.15 Å². The second-order valence-corrected chi connectivity index (χ2v) is 4.34. The van der Waals surface area contributed by atoms with E-state index in [2.05, 4.69) is 14.9 Å². The summed E-state index contributed by atoms with van der Waals surface area (Å²) in [4.78, 5) is 21.3. The van der Waals surface area contributed by atoms with Crippen LogP contribution >= 0.6 is 11.6 Å². The van der Waals surface area contributed by atoms with Crippen molar-refractivity contribution < 1.29 is 4.79 Å². The molecule has 0 aliphatic carbocycles. The quantitative estimate of drug-likeness (QED) is 0.832. The molecule has 1 aromatic rings. The summed E-state index contributed by atoms with van der Waals surface area (Å²) < 4.78 is 0. The number of halogens is 1. The van der Waals surface area contributed by atoms with Gasteiger partial charge in [-0.25, -0.2) is 4.98 Å². The molecule has 2 N–H and O–H groups in total. The molecule has 0 saturated carbocycles.